The third-order valence-corrected chi connectivity index (χ3v) is 4.43. The largest absolute Gasteiger partial charge is 0.492 e. The number of anilines is 1. The Bertz CT molecular complexity index is 810. The molecular formula is C22H25NO4. The molecule has 0 aromatic heterocycles. The second-order valence-electron chi connectivity index (χ2n) is 6.16. The second kappa shape index (κ2) is 9.24. The van der Waals surface area contributed by atoms with Gasteiger partial charge in [-0.25, -0.2) is 0 Å². The zero-order chi connectivity index (χ0) is 19.1. The standard InChI is InChI=1S/C22H25NO4/c1-3-27-21-9-5-6-17(22(21)25-2)10-11-20(24)18-7-4-8-19(16-18)23-12-14-26-15-13-23/h4-11,16H,3,12-15H2,1-2H3/b11-10+. The Kier molecular flexibility index (Phi) is 6.49. The zero-order valence-corrected chi connectivity index (χ0v) is 15.8. The minimum absolute atomic E-state index is 0.0472. The number of carbonyl (C=O) groups is 1. The monoisotopic (exact) mass is 367 g/mol. The van der Waals surface area contributed by atoms with Crippen LogP contribution in [0.1, 0.15) is 22.8 Å². The number of ether oxygens (including phenoxy) is 3. The topological polar surface area (TPSA) is 48.0 Å². The fraction of sp³-hybridized carbons (Fsp3) is 0.318. The summed E-state index contributed by atoms with van der Waals surface area (Å²) in [5.74, 6) is 1.25. The maximum absolute atomic E-state index is 12.7. The van der Waals surface area contributed by atoms with Gasteiger partial charge < -0.3 is 19.1 Å². The highest BCUT2D eigenvalue weighted by molar-refractivity contribution is 6.07. The third-order valence-electron chi connectivity index (χ3n) is 4.43. The van der Waals surface area contributed by atoms with E-state index in [1.807, 2.05) is 49.4 Å². The lowest BCUT2D eigenvalue weighted by Crippen LogP contribution is -2.36. The van der Waals surface area contributed by atoms with Crippen molar-refractivity contribution in [3.05, 3.63) is 59.7 Å². The van der Waals surface area contributed by atoms with Crippen molar-refractivity contribution in [3.8, 4) is 11.5 Å². The van der Waals surface area contributed by atoms with Crippen molar-refractivity contribution >= 4 is 17.5 Å². The number of benzene rings is 2. The molecule has 0 radical (unpaired) electrons. The van der Waals surface area contributed by atoms with E-state index in [-0.39, 0.29) is 5.78 Å². The summed E-state index contributed by atoms with van der Waals surface area (Å²) in [6.45, 7) is 5.59. The first-order valence-electron chi connectivity index (χ1n) is 9.18. The van der Waals surface area contributed by atoms with E-state index in [0.29, 0.717) is 36.9 Å². The van der Waals surface area contributed by atoms with Gasteiger partial charge in [0.25, 0.3) is 0 Å². The fourth-order valence-electron chi connectivity index (χ4n) is 3.09. The second-order valence-corrected chi connectivity index (χ2v) is 6.16. The number of morpholine rings is 1. The molecule has 0 saturated carbocycles. The van der Waals surface area contributed by atoms with Crippen LogP contribution in [0.25, 0.3) is 6.08 Å². The lowest BCUT2D eigenvalue weighted by Gasteiger charge is -2.29. The van der Waals surface area contributed by atoms with Crippen molar-refractivity contribution in [1.29, 1.82) is 0 Å². The Morgan fingerprint density at radius 3 is 2.70 bits per heavy atom. The zero-order valence-electron chi connectivity index (χ0n) is 15.8. The lowest BCUT2D eigenvalue weighted by atomic mass is 10.1. The number of nitrogens with zero attached hydrogens (tertiary/aromatic N) is 1. The quantitative estimate of drug-likeness (QED) is 0.550. The number of carbonyl (C=O) groups excluding carboxylic acids is 1. The summed E-state index contributed by atoms with van der Waals surface area (Å²) in [4.78, 5) is 14.9. The molecule has 0 aliphatic carbocycles. The number of methoxy groups -OCH3 is 1. The molecule has 2 aromatic rings. The van der Waals surface area contributed by atoms with Crippen molar-refractivity contribution in [2.75, 3.05) is 44.9 Å². The average molecular weight is 367 g/mol. The molecule has 1 saturated heterocycles. The molecule has 27 heavy (non-hydrogen) atoms. The lowest BCUT2D eigenvalue weighted by molar-refractivity contribution is 0.104. The van der Waals surface area contributed by atoms with E-state index >= 15 is 0 Å². The molecule has 3 rings (SSSR count). The normalized spacial score (nSPS) is 14.4. The summed E-state index contributed by atoms with van der Waals surface area (Å²) in [6.07, 6.45) is 3.34. The molecule has 0 bridgehead atoms. The van der Waals surface area contributed by atoms with Crippen molar-refractivity contribution in [2.45, 2.75) is 6.92 Å². The maximum atomic E-state index is 12.7. The molecule has 1 aliphatic rings. The van der Waals surface area contributed by atoms with Crippen molar-refractivity contribution in [2.24, 2.45) is 0 Å². The Labute approximate surface area is 160 Å². The molecule has 0 atom stereocenters. The predicted molar refractivity (Wildman–Crippen MR) is 107 cm³/mol. The van der Waals surface area contributed by atoms with Gasteiger partial charge >= 0.3 is 0 Å². The molecule has 5 nitrogen and oxygen atoms in total. The highest BCUT2D eigenvalue weighted by atomic mass is 16.5. The van der Waals surface area contributed by atoms with E-state index in [1.165, 1.54) is 0 Å². The van der Waals surface area contributed by atoms with Gasteiger partial charge in [-0.2, -0.15) is 0 Å². The molecule has 1 fully saturated rings. The molecule has 2 aromatic carbocycles. The first kappa shape index (κ1) is 19.0. The number of rotatable bonds is 7. The number of ketones is 1. The van der Waals surface area contributed by atoms with Crippen LogP contribution in [0.2, 0.25) is 0 Å². The van der Waals surface area contributed by atoms with E-state index in [2.05, 4.69) is 4.90 Å². The highest BCUT2D eigenvalue weighted by Crippen LogP contribution is 2.32. The van der Waals surface area contributed by atoms with Gasteiger partial charge in [0.15, 0.2) is 17.3 Å². The summed E-state index contributed by atoms with van der Waals surface area (Å²) >= 11 is 0. The fourth-order valence-corrected chi connectivity index (χ4v) is 3.09. The van der Waals surface area contributed by atoms with E-state index in [0.717, 1.165) is 24.3 Å². The first-order valence-corrected chi connectivity index (χ1v) is 9.18. The van der Waals surface area contributed by atoms with Crippen LogP contribution >= 0.6 is 0 Å². The molecule has 1 heterocycles. The van der Waals surface area contributed by atoms with Gasteiger partial charge in [-0.3, -0.25) is 4.79 Å². The van der Waals surface area contributed by atoms with Crippen LogP contribution in [-0.2, 0) is 4.74 Å². The number of hydrogen-bond donors (Lipinski definition) is 0. The Morgan fingerprint density at radius 2 is 1.96 bits per heavy atom. The Balaban J connectivity index is 1.78. The van der Waals surface area contributed by atoms with Gasteiger partial charge in [-0.05, 0) is 37.3 Å². The maximum Gasteiger partial charge on any atom is 0.185 e. The molecular weight excluding hydrogens is 342 g/mol. The van der Waals surface area contributed by atoms with E-state index < -0.39 is 0 Å². The van der Waals surface area contributed by atoms with Gasteiger partial charge in [0, 0.05) is 29.9 Å². The van der Waals surface area contributed by atoms with Crippen molar-refractivity contribution in [1.82, 2.24) is 0 Å². The first-order chi connectivity index (χ1) is 13.2. The smallest absolute Gasteiger partial charge is 0.185 e. The van der Waals surface area contributed by atoms with Crippen LogP contribution in [0.4, 0.5) is 5.69 Å². The molecule has 0 unspecified atom stereocenters. The summed E-state index contributed by atoms with van der Waals surface area (Å²) in [7, 11) is 1.60. The van der Waals surface area contributed by atoms with Crippen LogP contribution < -0.4 is 14.4 Å². The summed E-state index contributed by atoms with van der Waals surface area (Å²) in [6, 6.07) is 13.4. The average Bonchev–Trinajstić information content (AvgIpc) is 2.73. The molecule has 0 amide bonds. The van der Waals surface area contributed by atoms with Gasteiger partial charge in [0.05, 0.1) is 26.9 Å². The number of allylic oxidation sites excluding steroid dienone is 1. The molecule has 5 heteroatoms. The van der Waals surface area contributed by atoms with Crippen LogP contribution in [0.5, 0.6) is 11.5 Å². The van der Waals surface area contributed by atoms with Crippen LogP contribution in [0.15, 0.2) is 48.5 Å². The number of para-hydroxylation sites is 1. The number of hydrogen-bond acceptors (Lipinski definition) is 5. The minimum atomic E-state index is -0.0472. The summed E-state index contributed by atoms with van der Waals surface area (Å²) < 4.78 is 16.4. The molecule has 0 N–H and O–H groups in total. The predicted octanol–water partition coefficient (Wildman–Crippen LogP) is 3.83. The summed E-state index contributed by atoms with van der Waals surface area (Å²) in [5, 5.41) is 0. The van der Waals surface area contributed by atoms with E-state index in [4.69, 9.17) is 14.2 Å². The summed E-state index contributed by atoms with van der Waals surface area (Å²) in [5.41, 5.74) is 2.52. The Hall–Kier alpha value is -2.79. The van der Waals surface area contributed by atoms with E-state index in [1.54, 1.807) is 19.3 Å². The third kappa shape index (κ3) is 4.68. The highest BCUT2D eigenvalue weighted by Gasteiger charge is 2.13. The minimum Gasteiger partial charge on any atom is -0.492 e. The van der Waals surface area contributed by atoms with E-state index in [9.17, 15) is 4.79 Å². The van der Waals surface area contributed by atoms with Gasteiger partial charge in [0.2, 0.25) is 0 Å². The van der Waals surface area contributed by atoms with Crippen LogP contribution in [0, 0.1) is 0 Å². The molecule has 142 valence electrons. The van der Waals surface area contributed by atoms with Gasteiger partial charge in [0.1, 0.15) is 0 Å². The Morgan fingerprint density at radius 1 is 1.19 bits per heavy atom. The van der Waals surface area contributed by atoms with Crippen LogP contribution in [0.3, 0.4) is 0 Å². The SMILES string of the molecule is CCOc1cccc(/C=C/C(=O)c2cccc(N3CCOCC3)c2)c1OC. The molecule has 1 aliphatic heterocycles. The van der Waals surface area contributed by atoms with Crippen LogP contribution in [-0.4, -0.2) is 45.8 Å². The van der Waals surface area contributed by atoms with Gasteiger partial charge in [-0.1, -0.05) is 24.3 Å². The van der Waals surface area contributed by atoms with Gasteiger partial charge in [-0.15, -0.1) is 0 Å². The molecule has 0 spiro atoms. The van der Waals surface area contributed by atoms with Crippen molar-refractivity contribution in [3.63, 3.8) is 0 Å². The van der Waals surface area contributed by atoms with Crippen molar-refractivity contribution < 1.29 is 19.0 Å².